The summed E-state index contributed by atoms with van der Waals surface area (Å²) < 4.78 is 5.88. The van der Waals surface area contributed by atoms with Gasteiger partial charge < -0.3 is 10.1 Å². The molecular formula is C13H18ClNO. The van der Waals surface area contributed by atoms with Gasteiger partial charge in [0, 0.05) is 10.6 Å². The maximum absolute atomic E-state index is 6.26. The third-order valence-electron chi connectivity index (χ3n) is 3.04. The van der Waals surface area contributed by atoms with Crippen molar-refractivity contribution in [2.45, 2.75) is 39.3 Å². The van der Waals surface area contributed by atoms with Gasteiger partial charge in [-0.1, -0.05) is 24.6 Å². The van der Waals surface area contributed by atoms with Gasteiger partial charge in [0.1, 0.15) is 11.9 Å². The number of ether oxygens (including phenoxy) is 1. The topological polar surface area (TPSA) is 21.3 Å². The average molecular weight is 240 g/mol. The lowest BCUT2D eigenvalue weighted by Gasteiger charge is -2.16. The highest BCUT2D eigenvalue weighted by Crippen LogP contribution is 2.43. The summed E-state index contributed by atoms with van der Waals surface area (Å²) in [5, 5.41) is 4.30. The highest BCUT2D eigenvalue weighted by Gasteiger charge is 2.33. The largest absolute Gasteiger partial charge is 0.488 e. The Morgan fingerprint density at radius 1 is 1.44 bits per heavy atom. The van der Waals surface area contributed by atoms with Crippen molar-refractivity contribution >= 4 is 11.6 Å². The molecular weight excluding hydrogens is 222 g/mol. The Bertz CT molecular complexity index is 392. The third-order valence-corrected chi connectivity index (χ3v) is 3.37. The van der Waals surface area contributed by atoms with Crippen molar-refractivity contribution in [1.29, 1.82) is 0 Å². The van der Waals surface area contributed by atoms with Crippen LogP contribution in [0, 0.1) is 6.92 Å². The Morgan fingerprint density at radius 2 is 2.19 bits per heavy atom. The molecule has 0 fully saturated rings. The maximum atomic E-state index is 6.26. The summed E-state index contributed by atoms with van der Waals surface area (Å²) in [6, 6.07) is 4.19. The predicted octanol–water partition coefficient (Wildman–Crippen LogP) is 3.47. The van der Waals surface area contributed by atoms with Gasteiger partial charge in [-0.05, 0) is 38.4 Å². The third kappa shape index (κ3) is 1.92. The SMILES string of the molecule is CCCNC1c2c(Cl)ccc(C)c2OC1C. The lowest BCUT2D eigenvalue weighted by Crippen LogP contribution is -2.29. The van der Waals surface area contributed by atoms with Crippen molar-refractivity contribution in [2.24, 2.45) is 0 Å². The van der Waals surface area contributed by atoms with Crippen molar-refractivity contribution in [1.82, 2.24) is 5.32 Å². The number of nitrogens with one attached hydrogen (secondary N) is 1. The Hall–Kier alpha value is -0.730. The molecule has 1 aromatic carbocycles. The zero-order valence-electron chi connectivity index (χ0n) is 10.0. The van der Waals surface area contributed by atoms with Crippen LogP contribution < -0.4 is 10.1 Å². The van der Waals surface area contributed by atoms with Gasteiger partial charge in [0.25, 0.3) is 0 Å². The first-order valence-corrected chi connectivity index (χ1v) is 6.22. The van der Waals surface area contributed by atoms with Crippen LogP contribution in [-0.2, 0) is 0 Å². The van der Waals surface area contributed by atoms with Gasteiger partial charge >= 0.3 is 0 Å². The zero-order valence-corrected chi connectivity index (χ0v) is 10.8. The van der Waals surface area contributed by atoms with Gasteiger partial charge in [-0.2, -0.15) is 0 Å². The van der Waals surface area contributed by atoms with Gasteiger partial charge in [-0.25, -0.2) is 0 Å². The second-order valence-electron chi connectivity index (χ2n) is 4.36. The van der Waals surface area contributed by atoms with E-state index in [0.717, 1.165) is 34.9 Å². The van der Waals surface area contributed by atoms with Crippen LogP contribution in [0.3, 0.4) is 0 Å². The van der Waals surface area contributed by atoms with Crippen LogP contribution in [-0.4, -0.2) is 12.6 Å². The predicted molar refractivity (Wildman–Crippen MR) is 67.3 cm³/mol. The van der Waals surface area contributed by atoms with Gasteiger partial charge in [-0.15, -0.1) is 0 Å². The highest BCUT2D eigenvalue weighted by atomic mass is 35.5. The summed E-state index contributed by atoms with van der Waals surface area (Å²) in [7, 11) is 0. The fraction of sp³-hybridized carbons (Fsp3) is 0.538. The molecule has 1 aliphatic heterocycles. The highest BCUT2D eigenvalue weighted by molar-refractivity contribution is 6.31. The minimum atomic E-state index is 0.153. The van der Waals surface area contributed by atoms with E-state index in [-0.39, 0.29) is 12.1 Å². The normalized spacial score (nSPS) is 23.0. The van der Waals surface area contributed by atoms with Crippen molar-refractivity contribution in [3.8, 4) is 5.75 Å². The molecule has 1 heterocycles. The fourth-order valence-corrected chi connectivity index (χ4v) is 2.45. The Labute approximate surface area is 102 Å². The second kappa shape index (κ2) is 4.64. The molecule has 1 aliphatic rings. The van der Waals surface area contributed by atoms with E-state index in [0.29, 0.717) is 0 Å². The summed E-state index contributed by atoms with van der Waals surface area (Å²) in [5.41, 5.74) is 2.29. The first-order valence-electron chi connectivity index (χ1n) is 5.84. The van der Waals surface area contributed by atoms with Crippen molar-refractivity contribution in [3.05, 3.63) is 28.3 Å². The molecule has 0 bridgehead atoms. The van der Waals surface area contributed by atoms with Gasteiger partial charge in [0.05, 0.1) is 6.04 Å². The van der Waals surface area contributed by atoms with Crippen LogP contribution in [0.4, 0.5) is 0 Å². The molecule has 2 atom stereocenters. The standard InChI is InChI=1S/C13H18ClNO/c1-4-7-15-12-9(3)16-13-8(2)5-6-10(14)11(12)13/h5-6,9,12,15H,4,7H2,1-3H3. The number of halogens is 1. The summed E-state index contributed by atoms with van der Waals surface area (Å²) in [6.07, 6.45) is 1.27. The van der Waals surface area contributed by atoms with Crippen LogP contribution in [0.2, 0.25) is 5.02 Å². The van der Waals surface area contributed by atoms with Crippen LogP contribution >= 0.6 is 11.6 Å². The van der Waals surface area contributed by atoms with Gasteiger partial charge in [-0.3, -0.25) is 0 Å². The number of rotatable bonds is 3. The van der Waals surface area contributed by atoms with Crippen LogP contribution in [0.5, 0.6) is 5.75 Å². The van der Waals surface area contributed by atoms with Crippen molar-refractivity contribution in [3.63, 3.8) is 0 Å². The van der Waals surface area contributed by atoms with E-state index < -0.39 is 0 Å². The number of hydrogen-bond donors (Lipinski definition) is 1. The van der Waals surface area contributed by atoms with Crippen LogP contribution in [0.25, 0.3) is 0 Å². The molecule has 0 saturated heterocycles. The van der Waals surface area contributed by atoms with Crippen LogP contribution in [0.1, 0.15) is 37.4 Å². The zero-order chi connectivity index (χ0) is 11.7. The van der Waals surface area contributed by atoms with E-state index in [1.165, 1.54) is 0 Å². The summed E-state index contributed by atoms with van der Waals surface area (Å²) >= 11 is 6.26. The summed E-state index contributed by atoms with van der Waals surface area (Å²) in [6.45, 7) is 7.29. The van der Waals surface area contributed by atoms with E-state index >= 15 is 0 Å². The van der Waals surface area contributed by atoms with E-state index in [9.17, 15) is 0 Å². The Balaban J connectivity index is 2.35. The quantitative estimate of drug-likeness (QED) is 0.872. The molecule has 0 radical (unpaired) electrons. The van der Waals surface area contributed by atoms with Crippen LogP contribution in [0.15, 0.2) is 12.1 Å². The summed E-state index contributed by atoms with van der Waals surface area (Å²) in [4.78, 5) is 0. The number of fused-ring (bicyclic) bond motifs is 1. The maximum Gasteiger partial charge on any atom is 0.129 e. The molecule has 1 N–H and O–H groups in total. The fourth-order valence-electron chi connectivity index (χ4n) is 2.19. The molecule has 88 valence electrons. The lowest BCUT2D eigenvalue weighted by atomic mass is 10.0. The van der Waals surface area contributed by atoms with E-state index in [2.05, 4.69) is 26.1 Å². The molecule has 2 unspecified atom stereocenters. The molecule has 2 rings (SSSR count). The molecule has 16 heavy (non-hydrogen) atoms. The summed E-state index contributed by atoms with van der Waals surface area (Å²) in [5.74, 6) is 0.966. The molecule has 1 aromatic rings. The Kier molecular flexibility index (Phi) is 3.41. The van der Waals surface area contributed by atoms with Gasteiger partial charge in [0.2, 0.25) is 0 Å². The molecule has 0 aromatic heterocycles. The smallest absolute Gasteiger partial charge is 0.129 e. The second-order valence-corrected chi connectivity index (χ2v) is 4.77. The molecule has 0 saturated carbocycles. The van der Waals surface area contributed by atoms with Crippen molar-refractivity contribution < 1.29 is 4.74 Å². The number of benzene rings is 1. The lowest BCUT2D eigenvalue weighted by molar-refractivity contribution is 0.209. The molecule has 0 aliphatic carbocycles. The van der Waals surface area contributed by atoms with E-state index in [1.54, 1.807) is 0 Å². The van der Waals surface area contributed by atoms with Crippen molar-refractivity contribution in [2.75, 3.05) is 6.54 Å². The first-order chi connectivity index (χ1) is 7.65. The molecule has 0 amide bonds. The van der Waals surface area contributed by atoms with Gasteiger partial charge in [0.15, 0.2) is 0 Å². The number of hydrogen-bond acceptors (Lipinski definition) is 2. The van der Waals surface area contributed by atoms with E-state index in [4.69, 9.17) is 16.3 Å². The average Bonchev–Trinajstić information content (AvgIpc) is 2.59. The van der Waals surface area contributed by atoms with E-state index in [1.807, 2.05) is 12.1 Å². The number of aryl methyl sites for hydroxylation is 1. The Morgan fingerprint density at radius 3 is 2.88 bits per heavy atom. The molecule has 3 heteroatoms. The molecule has 0 spiro atoms. The monoisotopic (exact) mass is 239 g/mol. The first kappa shape index (κ1) is 11.7. The minimum Gasteiger partial charge on any atom is -0.488 e. The molecule has 2 nitrogen and oxygen atoms in total. The minimum absolute atomic E-state index is 0.153.